The van der Waals surface area contributed by atoms with Crippen molar-refractivity contribution in [2.24, 2.45) is 11.8 Å². The topological polar surface area (TPSA) is 12.0 Å². The Morgan fingerprint density at radius 2 is 1.84 bits per heavy atom. The Morgan fingerprint density at radius 1 is 1.16 bits per heavy atom. The summed E-state index contributed by atoms with van der Waals surface area (Å²) in [5, 5.41) is 3.21. The van der Waals surface area contributed by atoms with Crippen LogP contribution in [-0.4, -0.2) is 13.6 Å². The van der Waals surface area contributed by atoms with Crippen LogP contribution in [0.2, 0.25) is 0 Å². The molecule has 1 saturated carbocycles. The van der Waals surface area contributed by atoms with E-state index in [1.54, 1.807) is 0 Å². The molecule has 1 nitrogen and oxygen atoms in total. The van der Waals surface area contributed by atoms with E-state index < -0.39 is 11.6 Å². The molecule has 0 saturated heterocycles. The first-order valence-electron chi connectivity index (χ1n) is 7.24. The molecule has 1 N–H and O–H groups in total. The summed E-state index contributed by atoms with van der Waals surface area (Å²) in [7, 11) is 1.94. The molecule has 1 aliphatic carbocycles. The monoisotopic (exact) mass is 267 g/mol. The molecule has 0 heterocycles. The van der Waals surface area contributed by atoms with Gasteiger partial charge in [0.15, 0.2) is 0 Å². The Morgan fingerprint density at radius 3 is 2.42 bits per heavy atom. The fraction of sp³-hybridized carbons (Fsp3) is 0.625. The second-order valence-corrected chi connectivity index (χ2v) is 5.71. The van der Waals surface area contributed by atoms with Gasteiger partial charge in [-0.1, -0.05) is 19.8 Å². The molecule has 1 aliphatic rings. The van der Waals surface area contributed by atoms with Crippen molar-refractivity contribution in [3.8, 4) is 0 Å². The third kappa shape index (κ3) is 3.53. The molecule has 19 heavy (non-hydrogen) atoms. The van der Waals surface area contributed by atoms with E-state index in [0.29, 0.717) is 11.8 Å². The van der Waals surface area contributed by atoms with Crippen LogP contribution in [0.5, 0.6) is 0 Å². The standard InChI is InChI=1S/C16H23F2N/c1-3-11-4-5-12(10-19-2)16(6-11)13-7-14(17)9-15(18)8-13/h7-9,11-12,16,19H,3-6,10H2,1-2H3. The number of hydrogen-bond donors (Lipinski definition) is 1. The van der Waals surface area contributed by atoms with Gasteiger partial charge in [0.1, 0.15) is 11.6 Å². The number of hydrogen-bond acceptors (Lipinski definition) is 1. The summed E-state index contributed by atoms with van der Waals surface area (Å²) in [5.41, 5.74) is 0.830. The molecule has 0 amide bonds. The van der Waals surface area contributed by atoms with Gasteiger partial charge in [-0.05, 0) is 61.9 Å². The molecule has 1 aromatic carbocycles. The van der Waals surface area contributed by atoms with Crippen LogP contribution in [0.3, 0.4) is 0 Å². The van der Waals surface area contributed by atoms with E-state index in [4.69, 9.17) is 0 Å². The first-order chi connectivity index (χ1) is 9.13. The van der Waals surface area contributed by atoms with Crippen molar-refractivity contribution >= 4 is 0 Å². The van der Waals surface area contributed by atoms with Crippen LogP contribution in [0.15, 0.2) is 18.2 Å². The lowest BCUT2D eigenvalue weighted by atomic mass is 9.70. The predicted molar refractivity (Wildman–Crippen MR) is 74.1 cm³/mol. The van der Waals surface area contributed by atoms with Gasteiger partial charge < -0.3 is 5.32 Å². The molecule has 0 aromatic heterocycles. The Bertz CT molecular complexity index is 399. The lowest BCUT2D eigenvalue weighted by Crippen LogP contribution is -2.30. The highest BCUT2D eigenvalue weighted by molar-refractivity contribution is 5.23. The van der Waals surface area contributed by atoms with Crippen molar-refractivity contribution in [1.82, 2.24) is 5.32 Å². The maximum Gasteiger partial charge on any atom is 0.126 e. The van der Waals surface area contributed by atoms with Crippen molar-refractivity contribution in [3.63, 3.8) is 0 Å². The van der Waals surface area contributed by atoms with E-state index in [2.05, 4.69) is 12.2 Å². The summed E-state index contributed by atoms with van der Waals surface area (Å²) >= 11 is 0. The number of benzene rings is 1. The van der Waals surface area contributed by atoms with E-state index in [0.717, 1.165) is 37.4 Å². The molecule has 1 fully saturated rings. The van der Waals surface area contributed by atoms with Gasteiger partial charge in [0.2, 0.25) is 0 Å². The first kappa shape index (κ1) is 14.4. The molecule has 0 bridgehead atoms. The van der Waals surface area contributed by atoms with Gasteiger partial charge >= 0.3 is 0 Å². The lowest BCUT2D eigenvalue weighted by Gasteiger charge is -2.36. The van der Waals surface area contributed by atoms with Crippen LogP contribution in [-0.2, 0) is 0 Å². The minimum atomic E-state index is -0.461. The molecule has 3 atom stereocenters. The van der Waals surface area contributed by atoms with E-state index in [-0.39, 0.29) is 5.92 Å². The zero-order chi connectivity index (χ0) is 13.8. The molecule has 3 unspecified atom stereocenters. The maximum atomic E-state index is 13.4. The van der Waals surface area contributed by atoms with Crippen molar-refractivity contribution in [3.05, 3.63) is 35.4 Å². The summed E-state index contributed by atoms with van der Waals surface area (Å²) in [6.45, 7) is 3.12. The van der Waals surface area contributed by atoms with Crippen LogP contribution in [0.1, 0.15) is 44.1 Å². The summed E-state index contributed by atoms with van der Waals surface area (Å²) in [6, 6.07) is 3.97. The number of halogens is 2. The Balaban J connectivity index is 2.24. The average Bonchev–Trinajstić information content (AvgIpc) is 2.38. The second kappa shape index (κ2) is 6.47. The molecular weight excluding hydrogens is 244 g/mol. The quantitative estimate of drug-likeness (QED) is 0.866. The molecule has 3 heteroatoms. The zero-order valence-corrected chi connectivity index (χ0v) is 11.8. The SMILES string of the molecule is CCC1CCC(CNC)C(c2cc(F)cc(F)c2)C1. The average molecular weight is 267 g/mol. The van der Waals surface area contributed by atoms with Gasteiger partial charge in [-0.15, -0.1) is 0 Å². The van der Waals surface area contributed by atoms with Gasteiger partial charge in [0.25, 0.3) is 0 Å². The van der Waals surface area contributed by atoms with Crippen molar-refractivity contribution in [2.75, 3.05) is 13.6 Å². The Hall–Kier alpha value is -0.960. The first-order valence-corrected chi connectivity index (χ1v) is 7.24. The van der Waals surface area contributed by atoms with Gasteiger partial charge in [-0.25, -0.2) is 8.78 Å². The van der Waals surface area contributed by atoms with Crippen molar-refractivity contribution < 1.29 is 8.78 Å². The Kier molecular flexibility index (Phi) is 4.92. The van der Waals surface area contributed by atoms with Gasteiger partial charge in [-0.2, -0.15) is 0 Å². The lowest BCUT2D eigenvalue weighted by molar-refractivity contribution is 0.228. The summed E-state index contributed by atoms with van der Waals surface area (Å²) in [6.07, 6.45) is 4.58. The predicted octanol–water partition coefficient (Wildman–Crippen LogP) is 4.09. The summed E-state index contributed by atoms with van der Waals surface area (Å²) < 4.78 is 26.8. The molecule has 0 radical (unpaired) electrons. The van der Waals surface area contributed by atoms with Crippen molar-refractivity contribution in [1.29, 1.82) is 0 Å². The Labute approximate surface area is 114 Å². The highest BCUT2D eigenvalue weighted by Gasteiger charge is 2.30. The molecule has 0 aliphatic heterocycles. The highest BCUT2D eigenvalue weighted by atomic mass is 19.1. The van der Waals surface area contributed by atoms with Crippen LogP contribution in [0.4, 0.5) is 8.78 Å². The number of nitrogens with one attached hydrogen (secondary N) is 1. The van der Waals surface area contributed by atoms with Crippen molar-refractivity contribution in [2.45, 2.75) is 38.5 Å². The molecule has 0 spiro atoms. The van der Waals surface area contributed by atoms with Gasteiger partial charge in [0, 0.05) is 6.07 Å². The smallest absolute Gasteiger partial charge is 0.126 e. The fourth-order valence-electron chi connectivity index (χ4n) is 3.40. The minimum Gasteiger partial charge on any atom is -0.319 e. The fourth-order valence-corrected chi connectivity index (χ4v) is 3.40. The highest BCUT2D eigenvalue weighted by Crippen LogP contribution is 2.41. The molecule has 1 aromatic rings. The third-order valence-corrected chi connectivity index (χ3v) is 4.46. The van der Waals surface area contributed by atoms with Gasteiger partial charge in [0.05, 0.1) is 0 Å². The molecular formula is C16H23F2N. The second-order valence-electron chi connectivity index (χ2n) is 5.71. The minimum absolute atomic E-state index is 0.274. The van der Waals surface area contributed by atoms with Crippen LogP contribution < -0.4 is 5.32 Å². The number of rotatable bonds is 4. The largest absolute Gasteiger partial charge is 0.319 e. The van der Waals surface area contributed by atoms with E-state index >= 15 is 0 Å². The van der Waals surface area contributed by atoms with Crippen LogP contribution in [0, 0.1) is 23.5 Å². The summed E-state index contributed by atoms with van der Waals surface area (Å²) in [4.78, 5) is 0. The third-order valence-electron chi connectivity index (χ3n) is 4.46. The van der Waals surface area contributed by atoms with Crippen LogP contribution in [0.25, 0.3) is 0 Å². The summed E-state index contributed by atoms with van der Waals surface area (Å²) in [5.74, 6) is 0.517. The molecule has 2 rings (SSSR count). The molecule has 106 valence electrons. The van der Waals surface area contributed by atoms with Crippen LogP contribution >= 0.6 is 0 Å². The van der Waals surface area contributed by atoms with E-state index in [1.807, 2.05) is 7.05 Å². The van der Waals surface area contributed by atoms with E-state index in [1.165, 1.54) is 18.6 Å². The normalized spacial score (nSPS) is 27.5. The maximum absolute atomic E-state index is 13.4. The van der Waals surface area contributed by atoms with E-state index in [9.17, 15) is 8.78 Å². The zero-order valence-electron chi connectivity index (χ0n) is 11.8. The van der Waals surface area contributed by atoms with Gasteiger partial charge in [-0.3, -0.25) is 0 Å².